The molecule has 1 aromatic heterocycles. The van der Waals surface area contributed by atoms with E-state index < -0.39 is 24.6 Å². The molecule has 342 valence electrons. The Morgan fingerprint density at radius 3 is 2.34 bits per heavy atom. The summed E-state index contributed by atoms with van der Waals surface area (Å²) >= 11 is 1.75. The molecular weight excluding hydrogens is 809 g/mol. The lowest BCUT2D eigenvalue weighted by molar-refractivity contribution is -0.314. The van der Waals surface area contributed by atoms with Gasteiger partial charge in [-0.3, -0.25) is 14.5 Å². The number of methoxy groups -OCH3 is 3. The van der Waals surface area contributed by atoms with Gasteiger partial charge < -0.3 is 37.9 Å². The highest BCUT2D eigenvalue weighted by Crippen LogP contribution is 2.62. The van der Waals surface area contributed by atoms with Gasteiger partial charge >= 0.3 is 5.97 Å². The summed E-state index contributed by atoms with van der Waals surface area (Å²) in [5.74, 6) is -0.653. The van der Waals surface area contributed by atoms with Crippen molar-refractivity contribution < 1.29 is 47.5 Å². The van der Waals surface area contributed by atoms with Crippen molar-refractivity contribution in [3.63, 3.8) is 0 Å². The van der Waals surface area contributed by atoms with Crippen LogP contribution in [-0.4, -0.2) is 117 Å². The molecule has 0 radical (unpaired) electrons. The molecule has 17 atom stereocenters. The second kappa shape index (κ2) is 19.9. The van der Waals surface area contributed by atoms with Crippen LogP contribution in [0.15, 0.2) is 42.0 Å². The van der Waals surface area contributed by atoms with Crippen LogP contribution in [0.3, 0.4) is 0 Å². The first-order valence-electron chi connectivity index (χ1n) is 23.3. The number of carbonyl (C=O) groups excluding carboxylic acids is 2. The number of aryl methyl sites for hydroxylation is 1. The van der Waals surface area contributed by atoms with Crippen LogP contribution >= 0.6 is 11.3 Å². The molecule has 4 fully saturated rings. The Labute approximate surface area is 372 Å². The Morgan fingerprint density at radius 1 is 0.871 bits per heavy atom. The van der Waals surface area contributed by atoms with Crippen LogP contribution in [0.4, 0.5) is 0 Å². The lowest BCUT2D eigenvalue weighted by atomic mass is 9.67. The van der Waals surface area contributed by atoms with Crippen molar-refractivity contribution in [2.45, 2.75) is 178 Å². The number of fused-ring (bicyclic) bond motifs is 8. The van der Waals surface area contributed by atoms with Gasteiger partial charge in [-0.05, 0) is 102 Å². The van der Waals surface area contributed by atoms with Crippen molar-refractivity contribution in [1.82, 2.24) is 9.88 Å². The van der Waals surface area contributed by atoms with Crippen molar-refractivity contribution in [1.29, 1.82) is 0 Å². The second-order valence-corrected chi connectivity index (χ2v) is 20.2. The number of carbonyl (C=O) groups is 2. The van der Waals surface area contributed by atoms with Gasteiger partial charge in [-0.15, -0.1) is 11.3 Å². The topological polar surface area (TPSA) is 124 Å². The molecule has 12 nitrogen and oxygen atoms in total. The first-order chi connectivity index (χ1) is 29.9. The summed E-state index contributed by atoms with van der Waals surface area (Å²) in [6.07, 6.45) is 5.46. The fourth-order valence-corrected chi connectivity index (χ4v) is 13.2. The number of thiazole rings is 1. The first kappa shape index (κ1) is 46.0. The van der Waals surface area contributed by atoms with E-state index in [0.717, 1.165) is 67.8 Å². The lowest BCUT2D eigenvalue weighted by Gasteiger charge is -2.44. The van der Waals surface area contributed by atoms with Crippen molar-refractivity contribution in [3.8, 4) is 0 Å². The van der Waals surface area contributed by atoms with Gasteiger partial charge in [-0.1, -0.05) is 50.3 Å². The fourth-order valence-electron chi connectivity index (χ4n) is 12.1. The van der Waals surface area contributed by atoms with E-state index in [1.807, 2.05) is 19.9 Å². The maximum absolute atomic E-state index is 15.1. The van der Waals surface area contributed by atoms with Crippen LogP contribution in [0.25, 0.3) is 0 Å². The summed E-state index contributed by atoms with van der Waals surface area (Å²) in [6.45, 7) is 11.1. The van der Waals surface area contributed by atoms with Crippen molar-refractivity contribution in [3.05, 3.63) is 63.1 Å². The van der Waals surface area contributed by atoms with E-state index in [-0.39, 0.29) is 96.5 Å². The Bertz CT molecular complexity index is 1880. The number of ketones is 1. The maximum atomic E-state index is 15.1. The van der Waals surface area contributed by atoms with E-state index >= 15 is 4.79 Å². The van der Waals surface area contributed by atoms with Gasteiger partial charge in [0.1, 0.15) is 24.4 Å². The molecule has 0 bridgehead atoms. The molecule has 62 heavy (non-hydrogen) atoms. The van der Waals surface area contributed by atoms with Crippen LogP contribution in [0.5, 0.6) is 0 Å². The zero-order valence-corrected chi connectivity index (χ0v) is 39.1. The van der Waals surface area contributed by atoms with Gasteiger partial charge in [0.15, 0.2) is 18.4 Å². The number of aromatic nitrogens is 1. The van der Waals surface area contributed by atoms with Crippen molar-refractivity contribution >= 4 is 23.1 Å². The van der Waals surface area contributed by atoms with Crippen molar-refractivity contribution in [2.24, 2.45) is 23.7 Å². The monoisotopic (exact) mass is 878 g/mol. The Kier molecular flexibility index (Phi) is 14.7. The SMILES string of the molecule is CC[C@H]1CCC[C@H](O[C@H]2CC[C@H](N(C)Cc3ccccc3)C(C)O2)[C@@H](C)C(=O)C2=C[C@H]3[C@@H]4C[C@H](O[C@@H]5OC(C)[C@H](OC)C(OC)[C@@H]5OC)C[C@H]4c4sc(C)nc4[C@H]3[C@@H]2CC(=O)O1. The minimum Gasteiger partial charge on any atom is -0.462 e. The second-order valence-electron chi connectivity index (χ2n) is 18.9. The predicted molar refractivity (Wildman–Crippen MR) is 235 cm³/mol. The molecule has 0 N–H and O–H groups in total. The molecule has 0 spiro atoms. The molecule has 3 saturated heterocycles. The summed E-state index contributed by atoms with van der Waals surface area (Å²) in [5, 5.41) is 0.995. The minimum absolute atomic E-state index is 0.0133. The zero-order chi connectivity index (χ0) is 43.8. The number of cyclic esters (lactones) is 1. The highest BCUT2D eigenvalue weighted by atomic mass is 32.1. The lowest BCUT2D eigenvalue weighted by Crippen LogP contribution is -2.59. The number of hydrogen-bond donors (Lipinski definition) is 0. The van der Waals surface area contributed by atoms with Gasteiger partial charge in [0.25, 0.3) is 0 Å². The standard InChI is InChI=1S/C49H70N2O10S/c1-10-31-17-14-18-39(61-41-20-19-38(27(3)57-41)51(6)25-30-15-12-11-13-16-30)26(2)44(53)36-23-34-33-21-32(60-49-47(56-9)46(55-8)45(54-7)28(4)58-49)22-37(33)48-43(50-29(5)62-48)42(34)35(36)24-40(52)59-31/h11-13,15-16,23,26-28,31-35,37-39,41-42,45-47,49H,10,14,17-22,24-25H2,1-9H3/t26-,27?,28?,31+,32+,33+,34+,35-,37-,38+,39+,41+,42-,45+,46?,47+,49+/m1/s1. The highest BCUT2D eigenvalue weighted by molar-refractivity contribution is 7.11. The molecule has 1 aromatic carbocycles. The fraction of sp³-hybridized carbons (Fsp3) is 0.735. The predicted octanol–water partition coefficient (Wildman–Crippen LogP) is 7.90. The molecule has 4 heterocycles. The summed E-state index contributed by atoms with van der Waals surface area (Å²) in [7, 11) is 7.15. The van der Waals surface area contributed by atoms with Crippen molar-refractivity contribution in [2.75, 3.05) is 28.4 Å². The van der Waals surface area contributed by atoms with E-state index in [2.05, 4.69) is 63.1 Å². The number of nitrogens with zero attached hydrogens (tertiary/aromatic N) is 2. The largest absolute Gasteiger partial charge is 0.462 e. The van der Waals surface area contributed by atoms with Gasteiger partial charge in [-0.25, -0.2) is 4.98 Å². The average Bonchev–Trinajstić information content (AvgIpc) is 3.96. The molecule has 3 unspecified atom stereocenters. The molecule has 1 saturated carbocycles. The number of ether oxygens (including phenoxy) is 8. The Morgan fingerprint density at radius 2 is 1.63 bits per heavy atom. The zero-order valence-electron chi connectivity index (χ0n) is 38.2. The summed E-state index contributed by atoms with van der Waals surface area (Å²) in [5.41, 5.74) is 3.04. The van der Waals surface area contributed by atoms with E-state index in [0.29, 0.717) is 6.42 Å². The van der Waals surface area contributed by atoms with E-state index in [1.165, 1.54) is 10.4 Å². The minimum atomic E-state index is -0.635. The third kappa shape index (κ3) is 9.27. The molecule has 2 aromatic rings. The van der Waals surface area contributed by atoms with Crippen LogP contribution in [0.1, 0.15) is 118 Å². The number of Topliss-reactive ketones (excluding diaryl/α,β-unsaturated/α-hetero) is 1. The quantitative estimate of drug-likeness (QED) is 0.204. The normalized spacial score (nSPS) is 40.1. The number of allylic oxidation sites excluding steroid dienone is 2. The number of hydrogen-bond acceptors (Lipinski definition) is 13. The third-order valence-electron chi connectivity index (χ3n) is 15.2. The van der Waals surface area contributed by atoms with Crippen LogP contribution in [0, 0.1) is 30.6 Å². The summed E-state index contributed by atoms with van der Waals surface area (Å²) in [6, 6.07) is 10.8. The Hall–Kier alpha value is -2.59. The van der Waals surface area contributed by atoms with Crippen LogP contribution < -0.4 is 0 Å². The molecular formula is C49H70N2O10S. The summed E-state index contributed by atoms with van der Waals surface area (Å²) < 4.78 is 50.6. The molecule has 6 aliphatic rings. The van der Waals surface area contributed by atoms with E-state index in [9.17, 15) is 4.79 Å². The van der Waals surface area contributed by atoms with Gasteiger partial charge in [0, 0.05) is 62.5 Å². The van der Waals surface area contributed by atoms with Crippen LogP contribution in [-0.2, 0) is 54.0 Å². The summed E-state index contributed by atoms with van der Waals surface area (Å²) in [4.78, 5) is 37.9. The average molecular weight is 879 g/mol. The number of benzene rings is 1. The molecule has 3 aliphatic heterocycles. The van der Waals surface area contributed by atoms with Gasteiger partial charge in [0.2, 0.25) is 0 Å². The van der Waals surface area contributed by atoms with E-state index in [4.69, 9.17) is 42.9 Å². The molecule has 8 rings (SSSR count). The smallest absolute Gasteiger partial charge is 0.306 e. The highest BCUT2D eigenvalue weighted by Gasteiger charge is 2.57. The Balaban J connectivity index is 1.04. The van der Waals surface area contributed by atoms with Gasteiger partial charge in [0.05, 0.1) is 41.5 Å². The van der Waals surface area contributed by atoms with Gasteiger partial charge in [-0.2, -0.15) is 0 Å². The molecule has 3 aliphatic carbocycles. The first-order valence-corrected chi connectivity index (χ1v) is 24.1. The molecule has 0 amide bonds. The number of rotatable bonds is 11. The third-order valence-corrected chi connectivity index (χ3v) is 16.3. The molecule has 13 heteroatoms. The maximum Gasteiger partial charge on any atom is 0.306 e. The van der Waals surface area contributed by atoms with Crippen LogP contribution in [0.2, 0.25) is 0 Å². The van der Waals surface area contributed by atoms with E-state index in [1.54, 1.807) is 32.7 Å². The number of likely N-dealkylation sites (N-methyl/N-ethyl adjacent to an activating group) is 1. The number of esters is 1.